The second kappa shape index (κ2) is 23.2. The average molecular weight is 511 g/mol. The van der Waals surface area contributed by atoms with E-state index in [4.69, 9.17) is 0 Å². The second-order valence-electron chi connectivity index (χ2n) is 10.6. The third kappa shape index (κ3) is 23.0. The van der Waals surface area contributed by atoms with E-state index in [0.29, 0.717) is 0 Å². The summed E-state index contributed by atoms with van der Waals surface area (Å²) < 4.78 is 0. The molecule has 0 saturated heterocycles. The van der Waals surface area contributed by atoms with Crippen LogP contribution in [0.3, 0.4) is 0 Å². The van der Waals surface area contributed by atoms with Crippen molar-refractivity contribution in [3.05, 3.63) is 0 Å². The first-order chi connectivity index (χ1) is 16.1. The molecule has 7 heteroatoms. The van der Waals surface area contributed by atoms with Crippen molar-refractivity contribution < 1.29 is 29.4 Å². The standard InChI is InChI=1S/2C10H18O3.C8H17.Al/c2*1-6(2)10(7(3)4)8(11)5-9(12)13;1-3-5-7-8-6-4-2;/h2*6-7,10H,5H2,1-4H3,(H,12,13);1,3-8H2,2H3;/q;;;+2/p-2. The molecule has 0 aliphatic rings. The predicted molar refractivity (Wildman–Crippen MR) is 140 cm³/mol. The second-order valence-corrected chi connectivity index (χ2v) is 11.2. The van der Waals surface area contributed by atoms with Crippen LogP contribution in [0.5, 0.6) is 0 Å². The molecule has 202 valence electrons. The molecule has 0 amide bonds. The summed E-state index contributed by atoms with van der Waals surface area (Å²) in [6.45, 7) is 17.7. The molecule has 0 aliphatic heterocycles. The number of carboxylic acids is 2. The summed E-state index contributed by atoms with van der Waals surface area (Å²) in [7, 11) is 0. The molecule has 0 unspecified atom stereocenters. The fourth-order valence-electron chi connectivity index (χ4n) is 4.47. The number of carbonyl (C=O) groups is 4. The van der Waals surface area contributed by atoms with Crippen LogP contribution in [0.1, 0.15) is 114 Å². The van der Waals surface area contributed by atoms with Crippen LogP contribution in [-0.4, -0.2) is 39.8 Å². The number of carboxylic acid groups (broad SMARTS) is 2. The summed E-state index contributed by atoms with van der Waals surface area (Å²) >= 11 is 2.78. The van der Waals surface area contributed by atoms with Gasteiger partial charge in [0.05, 0.1) is 0 Å². The molecule has 0 aromatic heterocycles. The van der Waals surface area contributed by atoms with Crippen molar-refractivity contribution in [2.24, 2.45) is 35.5 Å². The number of aliphatic carboxylic acids is 2. The van der Waals surface area contributed by atoms with Gasteiger partial charge in [-0.25, -0.2) is 0 Å². The van der Waals surface area contributed by atoms with Gasteiger partial charge in [0.1, 0.15) is 11.6 Å². The fraction of sp³-hybridized carbons (Fsp3) is 0.857. The Bertz CT molecular complexity index is 518. The van der Waals surface area contributed by atoms with Crippen LogP contribution < -0.4 is 10.2 Å². The van der Waals surface area contributed by atoms with Gasteiger partial charge < -0.3 is 19.8 Å². The summed E-state index contributed by atoms with van der Waals surface area (Å²) in [5.41, 5.74) is 0. The summed E-state index contributed by atoms with van der Waals surface area (Å²) in [6.07, 6.45) is 7.60. The van der Waals surface area contributed by atoms with E-state index in [0.717, 1.165) is 0 Å². The average Bonchev–Trinajstić information content (AvgIpc) is 2.66. The molecule has 0 N–H and O–H groups in total. The summed E-state index contributed by atoms with van der Waals surface area (Å²) in [5, 5.41) is 21.7. The molecule has 0 aromatic rings. The van der Waals surface area contributed by atoms with Gasteiger partial charge in [-0.3, -0.25) is 9.59 Å². The minimum atomic E-state index is -1.28. The van der Waals surface area contributed by atoms with Crippen LogP contribution in [0.4, 0.5) is 0 Å². The van der Waals surface area contributed by atoms with E-state index in [-0.39, 0.29) is 47.1 Å². The maximum atomic E-state index is 11.4. The van der Waals surface area contributed by atoms with Crippen molar-refractivity contribution in [1.29, 1.82) is 0 Å². The first kappa shape index (κ1) is 38.3. The third-order valence-corrected chi connectivity index (χ3v) is 6.22. The van der Waals surface area contributed by atoms with Crippen LogP contribution in [0.25, 0.3) is 0 Å². The van der Waals surface area contributed by atoms with Crippen LogP contribution >= 0.6 is 0 Å². The molecule has 0 radical (unpaired) electrons. The number of hydrogen-bond donors (Lipinski definition) is 0. The number of rotatable bonds is 16. The number of Topliss-reactive ketones (excluding diaryl/α,β-unsaturated/α-hetero) is 2. The first-order valence-corrected chi connectivity index (χ1v) is 14.1. The normalized spacial score (nSPS) is 11.0. The quantitative estimate of drug-likeness (QED) is 0.175. The Labute approximate surface area is 223 Å². The molecule has 0 heterocycles. The first-order valence-electron chi connectivity index (χ1n) is 13.3. The summed E-state index contributed by atoms with van der Waals surface area (Å²) in [6, 6.07) is 0. The SMILES string of the molecule is CC(C)C(C(=O)CC(=O)[O-])C(C)C.CC(C)C(C(=O)CC(=O)[O-])C(C)C.CCCCCCC[CH2][Al+2]. The van der Waals surface area contributed by atoms with Crippen LogP contribution in [0.2, 0.25) is 5.28 Å². The van der Waals surface area contributed by atoms with Crippen molar-refractivity contribution >= 4 is 39.8 Å². The number of hydrogen-bond acceptors (Lipinski definition) is 6. The number of ketones is 2. The topological polar surface area (TPSA) is 114 Å². The molecular weight excluding hydrogens is 459 g/mol. The van der Waals surface area contributed by atoms with E-state index in [1.807, 2.05) is 55.4 Å². The van der Waals surface area contributed by atoms with Gasteiger partial charge in [-0.05, 0) is 23.7 Å². The van der Waals surface area contributed by atoms with Crippen LogP contribution in [-0.2, 0) is 19.2 Å². The van der Waals surface area contributed by atoms with Crippen molar-refractivity contribution in [3.8, 4) is 0 Å². The van der Waals surface area contributed by atoms with Crippen LogP contribution in [0, 0.1) is 35.5 Å². The Hall–Kier alpha value is -1.19. The van der Waals surface area contributed by atoms with Crippen molar-refractivity contribution in [2.45, 2.75) is 119 Å². The Morgan fingerprint density at radius 2 is 0.857 bits per heavy atom. The zero-order valence-electron chi connectivity index (χ0n) is 23.9. The predicted octanol–water partition coefficient (Wildman–Crippen LogP) is 4.18. The van der Waals surface area contributed by atoms with Gasteiger partial charge in [-0.15, -0.1) is 0 Å². The maximum absolute atomic E-state index is 11.4. The Balaban J connectivity index is -0.000000448. The van der Waals surface area contributed by atoms with Gasteiger partial charge >= 0.3 is 67.0 Å². The van der Waals surface area contributed by atoms with Gasteiger partial charge in [-0.1, -0.05) is 55.4 Å². The Morgan fingerprint density at radius 1 is 0.571 bits per heavy atom. The summed E-state index contributed by atoms with van der Waals surface area (Å²) in [5.74, 6) is -2.59. The van der Waals surface area contributed by atoms with Gasteiger partial charge in [0, 0.05) is 36.6 Å². The molecule has 6 nitrogen and oxygen atoms in total. The molecule has 35 heavy (non-hydrogen) atoms. The fourth-order valence-corrected chi connectivity index (χ4v) is 4.76. The summed E-state index contributed by atoms with van der Waals surface area (Å²) in [4.78, 5) is 43.3. The van der Waals surface area contributed by atoms with E-state index in [1.54, 1.807) is 0 Å². The molecular formula is C28H51AlO6. The van der Waals surface area contributed by atoms with Crippen molar-refractivity contribution in [3.63, 3.8) is 0 Å². The molecule has 0 fully saturated rings. The number of carbonyl (C=O) groups excluding carboxylic acids is 4. The molecule has 0 atom stereocenters. The Kier molecular flexibility index (Phi) is 25.4. The Morgan fingerprint density at radius 3 is 1.09 bits per heavy atom. The van der Waals surface area contributed by atoms with Crippen LogP contribution in [0.15, 0.2) is 0 Å². The molecule has 0 rings (SSSR count). The van der Waals surface area contributed by atoms with Gasteiger partial charge in [0.25, 0.3) is 0 Å². The zero-order chi connectivity index (χ0) is 28.1. The minimum absolute atomic E-state index is 0.169. The molecule has 0 aliphatic carbocycles. The van der Waals surface area contributed by atoms with E-state index in [2.05, 4.69) is 23.2 Å². The monoisotopic (exact) mass is 510 g/mol. The van der Waals surface area contributed by atoms with E-state index in [1.165, 1.54) is 43.8 Å². The van der Waals surface area contributed by atoms with Gasteiger partial charge in [0.15, 0.2) is 0 Å². The van der Waals surface area contributed by atoms with E-state index >= 15 is 0 Å². The van der Waals surface area contributed by atoms with Gasteiger partial charge in [0.2, 0.25) is 0 Å². The third-order valence-electron chi connectivity index (χ3n) is 5.81. The molecule has 0 saturated carbocycles. The van der Waals surface area contributed by atoms with E-state index in [9.17, 15) is 29.4 Å². The number of unbranched alkanes of at least 4 members (excludes halogenated alkanes) is 5. The molecule has 0 aromatic carbocycles. The van der Waals surface area contributed by atoms with Gasteiger partial charge in [-0.2, -0.15) is 0 Å². The van der Waals surface area contributed by atoms with E-state index < -0.39 is 24.8 Å². The van der Waals surface area contributed by atoms with Crippen molar-refractivity contribution in [1.82, 2.24) is 0 Å². The zero-order valence-corrected chi connectivity index (χ0v) is 25.0. The van der Waals surface area contributed by atoms with Crippen molar-refractivity contribution in [2.75, 3.05) is 0 Å². The molecule has 0 bridgehead atoms. The molecule has 0 spiro atoms.